The van der Waals surface area contributed by atoms with Crippen molar-refractivity contribution in [3.63, 3.8) is 0 Å². The lowest BCUT2D eigenvalue weighted by Gasteiger charge is -2.08. The average Bonchev–Trinajstić information content (AvgIpc) is 2.81. The first-order valence-electron chi connectivity index (χ1n) is 4.36. The number of nitrogens with zero attached hydrogens (tertiary/aromatic N) is 3. The zero-order valence-electron chi connectivity index (χ0n) is 8.47. The minimum atomic E-state index is 0.464. The number of ether oxygens (including phenoxy) is 2. The smallest absolute Gasteiger partial charge is 0.243 e. The topological polar surface area (TPSA) is 49.2 Å². The molecule has 5 heteroatoms. The van der Waals surface area contributed by atoms with Crippen LogP contribution in [0.25, 0.3) is 5.69 Å². The van der Waals surface area contributed by atoms with E-state index >= 15 is 0 Å². The van der Waals surface area contributed by atoms with Gasteiger partial charge in [0.2, 0.25) is 11.8 Å². The number of hydrogen-bond acceptors (Lipinski definition) is 4. The zero-order valence-corrected chi connectivity index (χ0v) is 8.47. The summed E-state index contributed by atoms with van der Waals surface area (Å²) in [5.41, 5.74) is 0.750. The van der Waals surface area contributed by atoms with Crippen molar-refractivity contribution < 1.29 is 9.47 Å². The first-order chi connectivity index (χ1) is 7.35. The summed E-state index contributed by atoms with van der Waals surface area (Å²) < 4.78 is 11.8. The second-order valence-electron chi connectivity index (χ2n) is 2.77. The fourth-order valence-electron chi connectivity index (χ4n) is 1.22. The highest BCUT2D eigenvalue weighted by Gasteiger charge is 2.08. The zero-order chi connectivity index (χ0) is 10.7. The van der Waals surface area contributed by atoms with Gasteiger partial charge in [0.15, 0.2) is 0 Å². The minimum Gasteiger partial charge on any atom is -0.481 e. The van der Waals surface area contributed by atoms with Gasteiger partial charge in [-0.15, -0.1) is 0 Å². The van der Waals surface area contributed by atoms with E-state index in [-0.39, 0.29) is 0 Å². The maximum Gasteiger partial charge on any atom is 0.243 e. The van der Waals surface area contributed by atoms with E-state index in [1.807, 2.05) is 6.07 Å². The molecule has 2 rings (SSSR count). The Morgan fingerprint density at radius 1 is 1.27 bits per heavy atom. The second-order valence-corrected chi connectivity index (χ2v) is 2.77. The van der Waals surface area contributed by atoms with Gasteiger partial charge in [0.25, 0.3) is 0 Å². The van der Waals surface area contributed by atoms with Crippen LogP contribution in [0.1, 0.15) is 0 Å². The van der Waals surface area contributed by atoms with Crippen molar-refractivity contribution in [1.29, 1.82) is 0 Å². The predicted molar refractivity (Wildman–Crippen MR) is 53.3 cm³/mol. The lowest BCUT2D eigenvalue weighted by Crippen LogP contribution is -2.01. The van der Waals surface area contributed by atoms with Gasteiger partial charge in [-0.3, -0.25) is 0 Å². The molecule has 0 unspecified atom stereocenters. The van der Waals surface area contributed by atoms with E-state index in [2.05, 4.69) is 16.3 Å². The number of rotatable bonds is 3. The summed E-state index contributed by atoms with van der Waals surface area (Å²) in [6.07, 6.45) is 4.48. The average molecular weight is 204 g/mol. The summed E-state index contributed by atoms with van der Waals surface area (Å²) in [7, 11) is 3.11. The van der Waals surface area contributed by atoms with E-state index in [1.165, 1.54) is 0 Å². The SMILES string of the molecule is COc1ccc(-n2cc[c]n2)c(OC)n1. The Morgan fingerprint density at radius 2 is 2.13 bits per heavy atom. The van der Waals surface area contributed by atoms with Crippen LogP contribution in [0.2, 0.25) is 0 Å². The van der Waals surface area contributed by atoms with Gasteiger partial charge in [-0.25, -0.2) is 4.68 Å². The minimum absolute atomic E-state index is 0.464. The molecule has 1 radical (unpaired) electrons. The molecule has 0 aliphatic heterocycles. The molecule has 0 aliphatic carbocycles. The van der Waals surface area contributed by atoms with Gasteiger partial charge in [-0.2, -0.15) is 10.1 Å². The molecule has 0 fully saturated rings. The first kappa shape index (κ1) is 9.51. The van der Waals surface area contributed by atoms with Crippen LogP contribution in [0, 0.1) is 6.20 Å². The van der Waals surface area contributed by atoms with Crippen LogP contribution in [0.15, 0.2) is 24.4 Å². The van der Waals surface area contributed by atoms with Crippen LogP contribution in [0.3, 0.4) is 0 Å². The maximum atomic E-state index is 5.15. The van der Waals surface area contributed by atoms with E-state index in [0.717, 1.165) is 5.69 Å². The molecule has 0 saturated heterocycles. The van der Waals surface area contributed by atoms with Crippen LogP contribution in [-0.2, 0) is 0 Å². The van der Waals surface area contributed by atoms with E-state index < -0.39 is 0 Å². The van der Waals surface area contributed by atoms with E-state index in [4.69, 9.17) is 9.47 Å². The van der Waals surface area contributed by atoms with Gasteiger partial charge in [0.05, 0.1) is 14.2 Å². The van der Waals surface area contributed by atoms with Crippen molar-refractivity contribution in [2.24, 2.45) is 0 Å². The molecule has 5 nitrogen and oxygen atoms in total. The highest BCUT2D eigenvalue weighted by atomic mass is 16.5. The molecule has 2 heterocycles. The van der Waals surface area contributed by atoms with Gasteiger partial charge >= 0.3 is 0 Å². The number of methoxy groups -OCH3 is 2. The molecule has 0 saturated carbocycles. The molecule has 0 spiro atoms. The Morgan fingerprint density at radius 3 is 2.73 bits per heavy atom. The quantitative estimate of drug-likeness (QED) is 0.750. The summed E-state index contributed by atoms with van der Waals surface area (Å²) in [6, 6.07) is 5.29. The summed E-state index contributed by atoms with van der Waals surface area (Å²) in [6.45, 7) is 0. The molecular formula is C10H10N3O2. The molecule has 2 aromatic heterocycles. The summed E-state index contributed by atoms with van der Waals surface area (Å²) in [5.74, 6) is 0.971. The lowest BCUT2D eigenvalue weighted by atomic mass is 10.4. The molecule has 2 aromatic rings. The first-order valence-corrected chi connectivity index (χ1v) is 4.36. The highest BCUT2D eigenvalue weighted by molar-refractivity contribution is 5.43. The van der Waals surface area contributed by atoms with Gasteiger partial charge in [0, 0.05) is 12.3 Å². The number of pyridine rings is 1. The van der Waals surface area contributed by atoms with E-state index in [1.54, 1.807) is 37.2 Å². The molecule has 0 bridgehead atoms. The second kappa shape index (κ2) is 4.00. The fourth-order valence-corrected chi connectivity index (χ4v) is 1.22. The Hall–Kier alpha value is -2.04. The maximum absolute atomic E-state index is 5.15. The Kier molecular flexibility index (Phi) is 2.53. The van der Waals surface area contributed by atoms with Crippen molar-refractivity contribution in [1.82, 2.24) is 14.8 Å². The Labute approximate surface area is 87.3 Å². The Balaban J connectivity index is 2.48. The largest absolute Gasteiger partial charge is 0.481 e. The number of aromatic nitrogens is 3. The fraction of sp³-hybridized carbons (Fsp3) is 0.200. The Bertz CT molecular complexity index is 440. The normalized spacial score (nSPS) is 10.0. The standard InChI is InChI=1S/C10H10N3O2/c1-14-9-5-4-8(10(12-9)15-2)13-7-3-6-11-13/h3-5,7H,1-2H3. The summed E-state index contributed by atoms with van der Waals surface area (Å²) >= 11 is 0. The molecule has 77 valence electrons. The van der Waals surface area contributed by atoms with Crippen LogP contribution in [0.4, 0.5) is 0 Å². The number of hydrogen-bond donors (Lipinski definition) is 0. The predicted octanol–water partition coefficient (Wildman–Crippen LogP) is 1.08. The van der Waals surface area contributed by atoms with Crippen molar-refractivity contribution in [3.8, 4) is 17.4 Å². The van der Waals surface area contributed by atoms with Crippen molar-refractivity contribution in [2.45, 2.75) is 0 Å². The van der Waals surface area contributed by atoms with Crippen LogP contribution in [-0.4, -0.2) is 29.0 Å². The summed E-state index contributed by atoms with van der Waals surface area (Å²) in [5, 5.41) is 3.98. The van der Waals surface area contributed by atoms with Gasteiger partial charge in [-0.05, 0) is 12.1 Å². The molecular weight excluding hydrogens is 194 g/mol. The van der Waals surface area contributed by atoms with E-state index in [9.17, 15) is 0 Å². The molecule has 0 atom stereocenters. The van der Waals surface area contributed by atoms with Crippen molar-refractivity contribution >= 4 is 0 Å². The van der Waals surface area contributed by atoms with Gasteiger partial charge in [-0.1, -0.05) is 0 Å². The van der Waals surface area contributed by atoms with Crippen molar-refractivity contribution in [3.05, 3.63) is 30.6 Å². The van der Waals surface area contributed by atoms with Gasteiger partial charge < -0.3 is 9.47 Å². The molecule has 15 heavy (non-hydrogen) atoms. The van der Waals surface area contributed by atoms with Crippen LogP contribution < -0.4 is 9.47 Å². The highest BCUT2D eigenvalue weighted by Crippen LogP contribution is 2.22. The van der Waals surface area contributed by atoms with Gasteiger partial charge in [0.1, 0.15) is 11.9 Å². The van der Waals surface area contributed by atoms with Crippen LogP contribution >= 0.6 is 0 Å². The molecule has 0 N–H and O–H groups in total. The van der Waals surface area contributed by atoms with Crippen LogP contribution in [0.5, 0.6) is 11.8 Å². The summed E-state index contributed by atoms with van der Waals surface area (Å²) in [4.78, 5) is 4.15. The molecule has 0 amide bonds. The monoisotopic (exact) mass is 204 g/mol. The molecule has 0 aromatic carbocycles. The third-order valence-corrected chi connectivity index (χ3v) is 1.92. The van der Waals surface area contributed by atoms with Crippen molar-refractivity contribution in [2.75, 3.05) is 14.2 Å². The third kappa shape index (κ3) is 1.76. The molecule has 0 aliphatic rings. The third-order valence-electron chi connectivity index (χ3n) is 1.92. The van der Waals surface area contributed by atoms with E-state index in [0.29, 0.717) is 11.8 Å². The lowest BCUT2D eigenvalue weighted by molar-refractivity contribution is 0.363.